The van der Waals surface area contributed by atoms with Crippen molar-refractivity contribution in [3.63, 3.8) is 0 Å². The summed E-state index contributed by atoms with van der Waals surface area (Å²) in [6.07, 6.45) is 0.405. The van der Waals surface area contributed by atoms with Crippen molar-refractivity contribution in [2.45, 2.75) is 13.3 Å². The van der Waals surface area contributed by atoms with E-state index in [0.29, 0.717) is 12.0 Å². The Hall–Kier alpha value is -0.600. The lowest BCUT2D eigenvalue weighted by atomic mass is 10.1. The second kappa shape index (κ2) is 3.87. The van der Waals surface area contributed by atoms with Gasteiger partial charge in [-0.25, -0.2) is 4.39 Å². The van der Waals surface area contributed by atoms with E-state index in [0.717, 1.165) is 5.56 Å². The Balaban J connectivity index is 3.14. The van der Waals surface area contributed by atoms with Gasteiger partial charge >= 0.3 is 0 Å². The van der Waals surface area contributed by atoms with Crippen molar-refractivity contribution in [2.75, 3.05) is 6.61 Å². The Kier molecular flexibility index (Phi) is 3.06. The van der Waals surface area contributed by atoms with Crippen LogP contribution in [0.15, 0.2) is 12.1 Å². The van der Waals surface area contributed by atoms with Crippen molar-refractivity contribution in [2.24, 2.45) is 0 Å². The minimum atomic E-state index is -0.425. The fourth-order valence-electron chi connectivity index (χ4n) is 1.11. The van der Waals surface area contributed by atoms with Crippen molar-refractivity contribution in [1.82, 2.24) is 0 Å². The number of aliphatic hydroxyl groups excluding tert-OH is 1. The standard InChI is InChI=1S/C9H10ClFO/c1-6-2-3-8(11)9(10)7(6)4-5-12/h2-3,12H,4-5H2,1H3. The van der Waals surface area contributed by atoms with Crippen LogP contribution in [0, 0.1) is 12.7 Å². The molecule has 0 saturated heterocycles. The zero-order valence-corrected chi connectivity index (χ0v) is 7.53. The van der Waals surface area contributed by atoms with Gasteiger partial charge < -0.3 is 5.11 Å². The first kappa shape index (κ1) is 9.49. The van der Waals surface area contributed by atoms with Crippen molar-refractivity contribution in [1.29, 1.82) is 0 Å². The van der Waals surface area contributed by atoms with Crippen LogP contribution in [0.25, 0.3) is 0 Å². The Morgan fingerprint density at radius 3 is 2.75 bits per heavy atom. The number of hydrogen-bond acceptors (Lipinski definition) is 1. The van der Waals surface area contributed by atoms with E-state index in [1.807, 2.05) is 6.92 Å². The van der Waals surface area contributed by atoms with Gasteiger partial charge in [-0.15, -0.1) is 0 Å². The van der Waals surface area contributed by atoms with E-state index in [1.165, 1.54) is 6.07 Å². The van der Waals surface area contributed by atoms with Crippen molar-refractivity contribution >= 4 is 11.6 Å². The van der Waals surface area contributed by atoms with Crippen molar-refractivity contribution < 1.29 is 9.50 Å². The van der Waals surface area contributed by atoms with Gasteiger partial charge in [-0.05, 0) is 30.5 Å². The largest absolute Gasteiger partial charge is 0.396 e. The highest BCUT2D eigenvalue weighted by atomic mass is 35.5. The molecule has 12 heavy (non-hydrogen) atoms. The first-order valence-electron chi connectivity index (χ1n) is 3.71. The molecule has 0 aliphatic heterocycles. The maximum atomic E-state index is 12.9. The summed E-state index contributed by atoms with van der Waals surface area (Å²) in [7, 11) is 0. The summed E-state index contributed by atoms with van der Waals surface area (Å²) in [5.74, 6) is -0.425. The van der Waals surface area contributed by atoms with Gasteiger partial charge in [0.15, 0.2) is 0 Å². The van der Waals surface area contributed by atoms with Gasteiger partial charge in [0.1, 0.15) is 5.82 Å². The van der Waals surface area contributed by atoms with Crippen LogP contribution in [0.1, 0.15) is 11.1 Å². The number of halogens is 2. The Morgan fingerprint density at radius 1 is 1.50 bits per heavy atom. The van der Waals surface area contributed by atoms with E-state index in [9.17, 15) is 4.39 Å². The summed E-state index contributed by atoms with van der Waals surface area (Å²) in [4.78, 5) is 0. The molecule has 0 amide bonds. The van der Waals surface area contributed by atoms with Crippen LogP contribution in [0.2, 0.25) is 5.02 Å². The van der Waals surface area contributed by atoms with Gasteiger partial charge in [-0.1, -0.05) is 17.7 Å². The van der Waals surface area contributed by atoms with Gasteiger partial charge in [0.2, 0.25) is 0 Å². The van der Waals surface area contributed by atoms with Crippen LogP contribution in [0.4, 0.5) is 4.39 Å². The molecule has 0 unspecified atom stereocenters. The molecule has 3 heteroatoms. The smallest absolute Gasteiger partial charge is 0.142 e. The second-order valence-electron chi connectivity index (χ2n) is 2.63. The van der Waals surface area contributed by atoms with Crippen LogP contribution in [-0.4, -0.2) is 11.7 Å². The van der Waals surface area contributed by atoms with E-state index < -0.39 is 5.82 Å². The fraction of sp³-hybridized carbons (Fsp3) is 0.333. The third kappa shape index (κ3) is 1.76. The van der Waals surface area contributed by atoms with Crippen LogP contribution in [0.5, 0.6) is 0 Å². The molecule has 1 aromatic rings. The molecule has 0 radical (unpaired) electrons. The predicted octanol–water partition coefficient (Wildman–Crippen LogP) is 2.32. The SMILES string of the molecule is Cc1ccc(F)c(Cl)c1CCO. The van der Waals surface area contributed by atoms with Gasteiger partial charge in [0.05, 0.1) is 5.02 Å². The van der Waals surface area contributed by atoms with Crippen LogP contribution in [0.3, 0.4) is 0 Å². The van der Waals surface area contributed by atoms with E-state index in [2.05, 4.69) is 0 Å². The molecule has 0 aromatic heterocycles. The third-order valence-corrected chi connectivity index (χ3v) is 2.20. The summed E-state index contributed by atoms with van der Waals surface area (Å²) in [5.41, 5.74) is 1.61. The number of rotatable bonds is 2. The molecule has 0 fully saturated rings. The summed E-state index contributed by atoms with van der Waals surface area (Å²) < 4.78 is 12.9. The van der Waals surface area contributed by atoms with Crippen LogP contribution in [-0.2, 0) is 6.42 Å². The number of hydrogen-bond donors (Lipinski definition) is 1. The first-order chi connectivity index (χ1) is 5.66. The molecule has 0 aliphatic carbocycles. The Bertz CT molecular complexity index is 286. The lowest BCUT2D eigenvalue weighted by molar-refractivity contribution is 0.299. The molecule has 0 saturated carbocycles. The quantitative estimate of drug-likeness (QED) is 0.755. The van der Waals surface area contributed by atoms with Crippen molar-refractivity contribution in [3.8, 4) is 0 Å². The van der Waals surface area contributed by atoms with Gasteiger partial charge in [-0.3, -0.25) is 0 Å². The molecule has 0 aliphatic rings. The van der Waals surface area contributed by atoms with E-state index in [4.69, 9.17) is 16.7 Å². The zero-order chi connectivity index (χ0) is 9.14. The van der Waals surface area contributed by atoms with Gasteiger partial charge in [-0.2, -0.15) is 0 Å². The maximum Gasteiger partial charge on any atom is 0.142 e. The molecule has 1 aromatic carbocycles. The predicted molar refractivity (Wildman–Crippen MR) is 46.9 cm³/mol. The normalized spacial score (nSPS) is 10.3. The lowest BCUT2D eigenvalue weighted by Crippen LogP contribution is -1.97. The topological polar surface area (TPSA) is 20.2 Å². The molecule has 0 spiro atoms. The summed E-state index contributed by atoms with van der Waals surface area (Å²) >= 11 is 5.69. The lowest BCUT2D eigenvalue weighted by Gasteiger charge is -2.06. The zero-order valence-electron chi connectivity index (χ0n) is 6.77. The van der Waals surface area contributed by atoms with E-state index >= 15 is 0 Å². The molecule has 0 heterocycles. The molecule has 1 N–H and O–H groups in total. The van der Waals surface area contributed by atoms with E-state index in [1.54, 1.807) is 6.07 Å². The molecule has 1 nitrogen and oxygen atoms in total. The minimum Gasteiger partial charge on any atom is -0.396 e. The van der Waals surface area contributed by atoms with Crippen molar-refractivity contribution in [3.05, 3.63) is 34.1 Å². The number of benzene rings is 1. The van der Waals surface area contributed by atoms with Gasteiger partial charge in [0.25, 0.3) is 0 Å². The highest BCUT2D eigenvalue weighted by molar-refractivity contribution is 6.31. The summed E-state index contributed by atoms with van der Waals surface area (Å²) in [6.45, 7) is 1.83. The molecular weight excluding hydrogens is 179 g/mol. The Morgan fingerprint density at radius 2 is 2.17 bits per heavy atom. The summed E-state index contributed by atoms with van der Waals surface area (Å²) in [6, 6.07) is 2.99. The summed E-state index contributed by atoms with van der Waals surface area (Å²) in [5, 5.41) is 8.81. The van der Waals surface area contributed by atoms with Crippen LogP contribution < -0.4 is 0 Å². The fourth-order valence-corrected chi connectivity index (χ4v) is 1.41. The second-order valence-corrected chi connectivity index (χ2v) is 3.01. The maximum absolute atomic E-state index is 12.9. The highest BCUT2D eigenvalue weighted by Gasteiger charge is 2.07. The van der Waals surface area contributed by atoms with E-state index in [-0.39, 0.29) is 11.6 Å². The highest BCUT2D eigenvalue weighted by Crippen LogP contribution is 2.23. The van der Waals surface area contributed by atoms with Gasteiger partial charge in [0, 0.05) is 6.61 Å². The molecule has 0 atom stereocenters. The first-order valence-corrected chi connectivity index (χ1v) is 4.09. The average molecular weight is 189 g/mol. The third-order valence-electron chi connectivity index (χ3n) is 1.79. The van der Waals surface area contributed by atoms with Crippen LogP contribution >= 0.6 is 11.6 Å². The molecule has 0 bridgehead atoms. The molecular formula is C9H10ClFO. The molecule has 1 rings (SSSR count). The average Bonchev–Trinajstić information content (AvgIpc) is 2.06. The monoisotopic (exact) mass is 188 g/mol. The Labute approximate surface area is 75.8 Å². The molecule has 66 valence electrons. The number of aliphatic hydroxyl groups is 1. The minimum absolute atomic E-state index is 0.00991. The number of aryl methyl sites for hydroxylation is 1.